The smallest absolute Gasteiger partial charge is 0.326 e. The zero-order valence-corrected chi connectivity index (χ0v) is 46.9. The van der Waals surface area contributed by atoms with E-state index in [9.17, 15) is 43.2 Å². The molecule has 1 saturated heterocycles. The molecule has 0 aromatic rings. The predicted molar refractivity (Wildman–Crippen MR) is 276 cm³/mol. The molecular weight excluding hydrogens is 911 g/mol. The summed E-state index contributed by atoms with van der Waals surface area (Å²) in [6, 6.07) is -8.10. The lowest BCUT2D eigenvalue weighted by molar-refractivity contribution is -0.146. The third-order valence-electron chi connectivity index (χ3n) is 13.1. The quantitative estimate of drug-likeness (QED) is 0.184. The lowest BCUT2D eigenvalue weighted by atomic mass is 9.96. The summed E-state index contributed by atoms with van der Waals surface area (Å²) >= 11 is 0. The van der Waals surface area contributed by atoms with Crippen LogP contribution in [0.1, 0.15) is 129 Å². The van der Waals surface area contributed by atoms with Crippen molar-refractivity contribution in [2.24, 2.45) is 35.5 Å². The standard InChI is InChI=1S/C51H93N11O9/c1-21-22-23-35(12)28-38-46(66)55-49(69)56(14)29-42(63)57(15)37(24-30(2)3)45(65)53-43(34(10)11)61(19)41(27-33(8)9)52-36(13)44(64)54-50(70)59(17)40(26-32(6)7)47(67)58(16)39(25-31(4)5)48(68)62(20)51(71)60(38)18/h21-22,30-41,43,52H,23-29H2,1-20H3,(H,53,65)(H,54,64,70)(H,55,66,69)/b22-21+. The average Bonchev–Trinajstić information content (AvgIpc) is 3.28. The van der Waals surface area contributed by atoms with E-state index in [4.69, 9.17) is 0 Å². The highest BCUT2D eigenvalue weighted by Crippen LogP contribution is 2.23. The fourth-order valence-electron chi connectivity index (χ4n) is 8.62. The van der Waals surface area contributed by atoms with Gasteiger partial charge in [-0.25, -0.2) is 14.4 Å². The Kier molecular flexibility index (Phi) is 26.5. The molecule has 8 unspecified atom stereocenters. The highest BCUT2D eigenvalue weighted by Gasteiger charge is 2.41. The van der Waals surface area contributed by atoms with Gasteiger partial charge in [-0.1, -0.05) is 88.3 Å². The van der Waals surface area contributed by atoms with Crippen molar-refractivity contribution < 1.29 is 43.2 Å². The first-order valence-electron chi connectivity index (χ1n) is 25.4. The van der Waals surface area contributed by atoms with E-state index in [1.165, 1.54) is 52.1 Å². The number of nitrogens with one attached hydrogen (secondary N) is 4. The number of urea groups is 3. The molecule has 12 amide bonds. The molecule has 20 nitrogen and oxygen atoms in total. The summed E-state index contributed by atoms with van der Waals surface area (Å²) in [5, 5.41) is 11.3. The van der Waals surface area contributed by atoms with Crippen molar-refractivity contribution in [2.45, 2.75) is 171 Å². The number of hydrogen-bond donors (Lipinski definition) is 4. The largest absolute Gasteiger partial charge is 0.338 e. The predicted octanol–water partition coefficient (Wildman–Crippen LogP) is 4.75. The van der Waals surface area contributed by atoms with E-state index < -0.39 is 103 Å². The number of carbonyl (C=O) groups is 9. The van der Waals surface area contributed by atoms with Gasteiger partial charge in [0, 0.05) is 42.3 Å². The van der Waals surface area contributed by atoms with Gasteiger partial charge < -0.3 is 29.8 Å². The van der Waals surface area contributed by atoms with Gasteiger partial charge in [-0.3, -0.25) is 54.5 Å². The van der Waals surface area contributed by atoms with Crippen LogP contribution in [-0.2, 0) is 28.8 Å². The summed E-state index contributed by atoms with van der Waals surface area (Å²) < 4.78 is 0. The first kappa shape index (κ1) is 63.9. The van der Waals surface area contributed by atoms with Crippen LogP contribution < -0.4 is 21.3 Å². The zero-order valence-electron chi connectivity index (χ0n) is 46.9. The summed E-state index contributed by atoms with van der Waals surface area (Å²) in [6.07, 6.45) is 4.44. The van der Waals surface area contributed by atoms with Crippen molar-refractivity contribution in [3.8, 4) is 0 Å². The molecule has 406 valence electrons. The second-order valence-corrected chi connectivity index (χ2v) is 21.8. The van der Waals surface area contributed by atoms with Crippen LogP contribution in [0.5, 0.6) is 0 Å². The van der Waals surface area contributed by atoms with Gasteiger partial charge in [0.05, 0.1) is 18.4 Å². The van der Waals surface area contributed by atoms with Crippen LogP contribution in [0.2, 0.25) is 0 Å². The molecular formula is C51H93N11O9. The first-order valence-corrected chi connectivity index (χ1v) is 25.4. The Hall–Kier alpha value is -5.11. The van der Waals surface area contributed by atoms with Gasteiger partial charge in [0.15, 0.2) is 0 Å². The highest BCUT2D eigenvalue weighted by atomic mass is 16.2. The number of hydrogen-bond acceptors (Lipinski definition) is 11. The number of imide groups is 3. The lowest BCUT2D eigenvalue weighted by Gasteiger charge is -2.41. The summed E-state index contributed by atoms with van der Waals surface area (Å²) in [5.74, 6) is -4.33. The van der Waals surface area contributed by atoms with Crippen LogP contribution in [0.3, 0.4) is 0 Å². The van der Waals surface area contributed by atoms with Crippen molar-refractivity contribution in [3.05, 3.63) is 12.2 Å². The molecule has 0 spiro atoms. The number of amides is 12. The third-order valence-corrected chi connectivity index (χ3v) is 13.1. The summed E-state index contributed by atoms with van der Waals surface area (Å²) in [7, 11) is 10.1. The van der Waals surface area contributed by atoms with Gasteiger partial charge >= 0.3 is 18.1 Å². The number of likely N-dealkylation sites (N-methyl/N-ethyl adjacent to an activating group) is 6. The molecule has 1 fully saturated rings. The SMILES string of the molecule is C/C=C/CC(C)CC1C(=O)NC(=O)N(C)CC(=O)N(C)C(CC(C)C)C(=O)NC(C(C)C)N(C)C(CC(C)C)NC(C)C(=O)NC(=O)N(C)C(CC(C)C)C(=O)N(C)C(CC(C)C)C(=O)N(C)C(=O)N1C. The van der Waals surface area contributed by atoms with Gasteiger partial charge in [-0.15, -0.1) is 0 Å². The first-order chi connectivity index (χ1) is 32.8. The Balaban J connectivity index is 4.09. The summed E-state index contributed by atoms with van der Waals surface area (Å²) in [6.45, 7) is 24.1. The van der Waals surface area contributed by atoms with Gasteiger partial charge in [0.25, 0.3) is 11.8 Å². The number of rotatable bonds is 13. The Morgan fingerprint density at radius 3 is 1.52 bits per heavy atom. The molecule has 0 saturated carbocycles. The number of carbonyl (C=O) groups excluding carboxylic acids is 9. The Labute approximate surface area is 425 Å². The monoisotopic (exact) mass is 1000 g/mol. The van der Waals surface area contributed by atoms with Crippen LogP contribution in [0.25, 0.3) is 0 Å². The second kappa shape index (κ2) is 29.4. The Morgan fingerprint density at radius 2 is 1.03 bits per heavy atom. The second-order valence-electron chi connectivity index (χ2n) is 21.8. The zero-order chi connectivity index (χ0) is 54.9. The van der Waals surface area contributed by atoms with Crippen LogP contribution >= 0.6 is 0 Å². The van der Waals surface area contributed by atoms with E-state index in [1.54, 1.807) is 6.92 Å². The van der Waals surface area contributed by atoms with Crippen molar-refractivity contribution in [2.75, 3.05) is 55.9 Å². The molecule has 0 aliphatic carbocycles. The fourth-order valence-corrected chi connectivity index (χ4v) is 8.62. The van der Waals surface area contributed by atoms with Crippen LogP contribution in [0, 0.1) is 35.5 Å². The van der Waals surface area contributed by atoms with Gasteiger partial charge in [0.1, 0.15) is 30.7 Å². The van der Waals surface area contributed by atoms with Gasteiger partial charge in [-0.05, 0) is 94.9 Å². The normalized spacial score (nSPS) is 25.6. The molecule has 1 rings (SSSR count). The molecule has 20 heteroatoms. The minimum absolute atomic E-state index is 0.0256. The molecule has 8 atom stereocenters. The van der Waals surface area contributed by atoms with E-state index in [2.05, 4.69) is 21.3 Å². The molecule has 0 bridgehead atoms. The van der Waals surface area contributed by atoms with Crippen molar-refractivity contribution >= 4 is 53.5 Å². The van der Waals surface area contributed by atoms with Crippen molar-refractivity contribution in [1.29, 1.82) is 0 Å². The molecule has 1 aliphatic heterocycles. The molecule has 0 aromatic carbocycles. The van der Waals surface area contributed by atoms with Crippen molar-refractivity contribution in [3.63, 3.8) is 0 Å². The topological polar surface area (TPSA) is 224 Å². The van der Waals surface area contributed by atoms with E-state index >= 15 is 0 Å². The van der Waals surface area contributed by atoms with Crippen LogP contribution in [0.4, 0.5) is 14.4 Å². The third kappa shape index (κ3) is 19.4. The molecule has 0 aromatic heterocycles. The van der Waals surface area contributed by atoms with E-state index in [0.717, 1.165) is 19.6 Å². The number of allylic oxidation sites excluding steroid dienone is 2. The Bertz CT molecular complexity index is 1860. The van der Waals surface area contributed by atoms with Crippen LogP contribution in [0.15, 0.2) is 12.2 Å². The maximum atomic E-state index is 14.6. The minimum Gasteiger partial charge on any atom is -0.338 e. The summed E-state index contributed by atoms with van der Waals surface area (Å²) in [5.41, 5.74) is 0. The average molecular weight is 1000 g/mol. The summed E-state index contributed by atoms with van der Waals surface area (Å²) in [4.78, 5) is 136. The highest BCUT2D eigenvalue weighted by molar-refractivity contribution is 6.03. The molecule has 0 radical (unpaired) electrons. The number of nitrogens with zero attached hydrogens (tertiary/aromatic N) is 7. The maximum Gasteiger partial charge on any atom is 0.326 e. The van der Waals surface area contributed by atoms with E-state index in [-0.39, 0.29) is 61.2 Å². The minimum atomic E-state index is -1.27. The van der Waals surface area contributed by atoms with E-state index in [0.29, 0.717) is 12.8 Å². The maximum absolute atomic E-state index is 14.6. The Morgan fingerprint density at radius 1 is 0.549 bits per heavy atom. The van der Waals surface area contributed by atoms with Crippen molar-refractivity contribution in [1.82, 2.24) is 55.6 Å². The van der Waals surface area contributed by atoms with Crippen LogP contribution in [-0.4, -0.2) is 186 Å². The van der Waals surface area contributed by atoms with Gasteiger partial charge in [0.2, 0.25) is 23.6 Å². The fraction of sp³-hybridized carbons (Fsp3) is 0.784. The molecule has 1 heterocycles. The molecule has 4 N–H and O–H groups in total. The lowest BCUT2D eigenvalue weighted by Crippen LogP contribution is -2.63. The molecule has 1 aliphatic rings. The molecule has 71 heavy (non-hydrogen) atoms. The van der Waals surface area contributed by atoms with E-state index in [1.807, 2.05) is 107 Å². The van der Waals surface area contributed by atoms with Gasteiger partial charge in [-0.2, -0.15) is 0 Å².